The predicted octanol–water partition coefficient (Wildman–Crippen LogP) is 3.32. The zero-order valence-electron chi connectivity index (χ0n) is 10.3. The largest absolute Gasteiger partial charge is 0.436 e. The molecular weight excluding hydrogens is 334 g/mol. The highest BCUT2D eigenvalue weighted by molar-refractivity contribution is 9.10. The van der Waals surface area contributed by atoms with Crippen LogP contribution in [-0.2, 0) is 0 Å². The van der Waals surface area contributed by atoms with Crippen LogP contribution in [0.1, 0.15) is 16.1 Å². The molecule has 0 saturated carbocycles. The van der Waals surface area contributed by atoms with E-state index >= 15 is 0 Å². The van der Waals surface area contributed by atoms with Crippen molar-refractivity contribution in [1.29, 1.82) is 0 Å². The minimum absolute atomic E-state index is 0.0461. The highest BCUT2D eigenvalue weighted by atomic mass is 79.9. The number of aryl methyl sites for hydroxylation is 1. The smallest absolute Gasteiger partial charge is 0.248 e. The van der Waals surface area contributed by atoms with E-state index in [4.69, 9.17) is 10.5 Å². The Balaban J connectivity index is 2.42. The van der Waals surface area contributed by atoms with Crippen LogP contribution in [0.2, 0.25) is 0 Å². The second-order valence-corrected chi connectivity index (χ2v) is 4.92. The van der Waals surface area contributed by atoms with Gasteiger partial charge in [0.25, 0.3) is 0 Å². The summed E-state index contributed by atoms with van der Waals surface area (Å²) in [6, 6.07) is 4.95. The van der Waals surface area contributed by atoms with Crippen molar-refractivity contribution in [3.05, 3.63) is 51.6 Å². The molecule has 1 aromatic carbocycles. The molecule has 20 heavy (non-hydrogen) atoms. The number of hydrogen-bond acceptors (Lipinski definition) is 3. The summed E-state index contributed by atoms with van der Waals surface area (Å²) in [7, 11) is 0. The molecule has 1 aromatic heterocycles. The Morgan fingerprint density at radius 2 is 2.00 bits per heavy atom. The number of carbonyl (C=O) groups is 1. The Bertz CT molecular complexity index is 692. The van der Waals surface area contributed by atoms with Crippen molar-refractivity contribution < 1.29 is 18.3 Å². The third-order valence-corrected chi connectivity index (χ3v) is 2.85. The summed E-state index contributed by atoms with van der Waals surface area (Å²) in [4.78, 5) is 15.1. The van der Waals surface area contributed by atoms with Crippen LogP contribution in [0.15, 0.2) is 28.7 Å². The molecule has 0 spiro atoms. The fourth-order valence-electron chi connectivity index (χ4n) is 1.55. The van der Waals surface area contributed by atoms with Crippen LogP contribution in [-0.4, -0.2) is 10.9 Å². The summed E-state index contributed by atoms with van der Waals surface area (Å²) >= 11 is 3.03. The van der Waals surface area contributed by atoms with Gasteiger partial charge in [-0.2, -0.15) is 4.39 Å². The molecule has 0 aliphatic heterocycles. The lowest BCUT2D eigenvalue weighted by Gasteiger charge is -2.09. The zero-order chi connectivity index (χ0) is 14.9. The zero-order valence-corrected chi connectivity index (χ0v) is 11.9. The van der Waals surface area contributed by atoms with Crippen molar-refractivity contribution >= 4 is 21.8 Å². The van der Waals surface area contributed by atoms with Gasteiger partial charge in [0.1, 0.15) is 0 Å². The fraction of sp³-hybridized carbons (Fsp3) is 0.0769. The Kier molecular flexibility index (Phi) is 3.99. The van der Waals surface area contributed by atoms with Gasteiger partial charge < -0.3 is 10.5 Å². The molecule has 2 rings (SSSR count). The van der Waals surface area contributed by atoms with Gasteiger partial charge in [-0.3, -0.25) is 4.79 Å². The number of primary amides is 1. The highest BCUT2D eigenvalue weighted by Crippen LogP contribution is 2.29. The van der Waals surface area contributed by atoms with Gasteiger partial charge in [-0.05, 0) is 25.1 Å². The van der Waals surface area contributed by atoms with E-state index in [1.165, 1.54) is 18.2 Å². The predicted molar refractivity (Wildman–Crippen MR) is 71.6 cm³/mol. The SMILES string of the molecule is Cc1cc(C(N)=O)cc(Oc2cc(Br)cc(F)c2F)n1. The number of amides is 1. The molecule has 0 fully saturated rings. The van der Waals surface area contributed by atoms with Crippen molar-refractivity contribution in [1.82, 2.24) is 4.98 Å². The van der Waals surface area contributed by atoms with Crippen molar-refractivity contribution in [3.8, 4) is 11.6 Å². The fourth-order valence-corrected chi connectivity index (χ4v) is 1.96. The lowest BCUT2D eigenvalue weighted by Crippen LogP contribution is -2.11. The van der Waals surface area contributed by atoms with Gasteiger partial charge in [0.15, 0.2) is 11.6 Å². The summed E-state index contributed by atoms with van der Waals surface area (Å²) in [5, 5.41) is 0. The summed E-state index contributed by atoms with van der Waals surface area (Å²) in [5.41, 5.74) is 5.79. The average molecular weight is 343 g/mol. The van der Waals surface area contributed by atoms with Crippen molar-refractivity contribution in [2.75, 3.05) is 0 Å². The summed E-state index contributed by atoms with van der Waals surface area (Å²) < 4.78 is 32.3. The van der Waals surface area contributed by atoms with Crippen molar-refractivity contribution in [2.45, 2.75) is 6.92 Å². The van der Waals surface area contributed by atoms with Crippen LogP contribution < -0.4 is 10.5 Å². The number of rotatable bonds is 3. The molecule has 0 saturated heterocycles. The van der Waals surface area contributed by atoms with E-state index in [1.807, 2.05) is 0 Å². The maximum absolute atomic E-state index is 13.6. The molecule has 0 aliphatic carbocycles. The summed E-state index contributed by atoms with van der Waals surface area (Å²) in [6.07, 6.45) is 0. The first-order valence-electron chi connectivity index (χ1n) is 5.47. The van der Waals surface area contributed by atoms with E-state index < -0.39 is 17.5 Å². The molecular formula is C13H9BrF2N2O2. The first-order chi connectivity index (χ1) is 9.36. The molecule has 1 amide bonds. The van der Waals surface area contributed by atoms with Gasteiger partial charge in [-0.15, -0.1) is 0 Å². The maximum atomic E-state index is 13.6. The molecule has 0 unspecified atom stereocenters. The van der Waals surface area contributed by atoms with Crippen molar-refractivity contribution in [2.24, 2.45) is 5.73 Å². The lowest BCUT2D eigenvalue weighted by atomic mass is 10.2. The van der Waals surface area contributed by atoms with Crippen molar-refractivity contribution in [3.63, 3.8) is 0 Å². The quantitative estimate of drug-likeness (QED) is 0.870. The molecule has 4 nitrogen and oxygen atoms in total. The third-order valence-electron chi connectivity index (χ3n) is 2.39. The van der Waals surface area contributed by atoms with Crippen LogP contribution in [0.5, 0.6) is 11.6 Å². The molecule has 0 atom stereocenters. The van der Waals surface area contributed by atoms with Gasteiger partial charge in [-0.25, -0.2) is 9.37 Å². The van der Waals surface area contributed by atoms with Crippen LogP contribution in [0, 0.1) is 18.6 Å². The van der Waals surface area contributed by atoms with E-state index in [2.05, 4.69) is 20.9 Å². The normalized spacial score (nSPS) is 10.4. The summed E-state index contributed by atoms with van der Waals surface area (Å²) in [6.45, 7) is 1.62. The monoisotopic (exact) mass is 342 g/mol. The minimum atomic E-state index is -1.14. The first kappa shape index (κ1) is 14.4. The van der Waals surface area contributed by atoms with Crippen LogP contribution in [0.3, 0.4) is 0 Å². The second-order valence-electron chi connectivity index (χ2n) is 4.00. The first-order valence-corrected chi connectivity index (χ1v) is 6.27. The minimum Gasteiger partial charge on any atom is -0.436 e. The average Bonchev–Trinajstić information content (AvgIpc) is 2.34. The lowest BCUT2D eigenvalue weighted by molar-refractivity contribution is 0.0999. The number of halogens is 3. The van der Waals surface area contributed by atoms with E-state index in [9.17, 15) is 13.6 Å². The van der Waals surface area contributed by atoms with E-state index in [0.29, 0.717) is 10.2 Å². The Labute approximate surface area is 121 Å². The second kappa shape index (κ2) is 5.54. The molecule has 2 aromatic rings. The van der Waals surface area contributed by atoms with E-state index in [1.54, 1.807) is 6.92 Å². The van der Waals surface area contributed by atoms with Gasteiger partial charge in [0, 0.05) is 21.8 Å². The molecule has 0 radical (unpaired) electrons. The molecule has 104 valence electrons. The van der Waals surface area contributed by atoms with Gasteiger partial charge in [0.05, 0.1) is 0 Å². The Morgan fingerprint density at radius 3 is 2.65 bits per heavy atom. The topological polar surface area (TPSA) is 65.2 Å². The van der Waals surface area contributed by atoms with Gasteiger partial charge in [-0.1, -0.05) is 15.9 Å². The standard InChI is InChI=1S/C13H9BrF2N2O2/c1-6-2-7(13(17)19)3-11(18-6)20-10-5-8(14)4-9(15)12(10)16/h2-5H,1H3,(H2,17,19). The molecule has 0 bridgehead atoms. The number of pyridine rings is 1. The molecule has 7 heteroatoms. The number of ether oxygens (including phenoxy) is 1. The Hall–Kier alpha value is -2.02. The van der Waals surface area contributed by atoms with E-state index in [0.717, 1.165) is 6.07 Å². The van der Waals surface area contributed by atoms with Gasteiger partial charge >= 0.3 is 0 Å². The van der Waals surface area contributed by atoms with Crippen LogP contribution >= 0.6 is 15.9 Å². The number of benzene rings is 1. The molecule has 2 N–H and O–H groups in total. The maximum Gasteiger partial charge on any atom is 0.248 e. The summed E-state index contributed by atoms with van der Waals surface area (Å²) in [5.74, 6) is -3.25. The number of carbonyl (C=O) groups excluding carboxylic acids is 1. The number of nitrogens with zero attached hydrogens (tertiary/aromatic N) is 1. The van der Waals surface area contributed by atoms with Gasteiger partial charge in [0.2, 0.25) is 17.6 Å². The molecule has 0 aliphatic rings. The van der Waals surface area contributed by atoms with Crippen LogP contribution in [0.4, 0.5) is 8.78 Å². The number of aromatic nitrogens is 1. The molecule has 1 heterocycles. The van der Waals surface area contributed by atoms with E-state index in [-0.39, 0.29) is 17.2 Å². The Morgan fingerprint density at radius 1 is 1.30 bits per heavy atom. The third kappa shape index (κ3) is 3.11. The highest BCUT2D eigenvalue weighted by Gasteiger charge is 2.14. The number of hydrogen-bond donors (Lipinski definition) is 1. The number of nitrogens with two attached hydrogens (primary N) is 1. The van der Waals surface area contributed by atoms with Crippen LogP contribution in [0.25, 0.3) is 0 Å².